The fourth-order valence-corrected chi connectivity index (χ4v) is 10.6. The quantitative estimate of drug-likeness (QED) is 0.0825. The smallest absolute Gasteiger partial charge is 1.00 e. The minimum Gasteiger partial charge on any atom is -1.00 e. The number of aromatic amines is 2. The Hall–Kier alpha value is -8.80. The molecule has 13 rings (SSSR count). The second-order valence-corrected chi connectivity index (χ2v) is 25.1. The Morgan fingerprint density at radius 1 is 0.337 bits per heavy atom. The molecule has 10 aromatic rings. The number of hydrogen-bond acceptors (Lipinski definition) is 10. The second kappa shape index (κ2) is 22.2. The van der Waals surface area contributed by atoms with E-state index in [1.54, 1.807) is 0 Å². The predicted octanol–water partition coefficient (Wildman–Crippen LogP) is 10.3. The monoisotopic (exact) mass is 1220 g/mol. The minimum absolute atomic E-state index is 0. The van der Waals surface area contributed by atoms with E-state index in [4.69, 9.17) is 43.9 Å². The van der Waals surface area contributed by atoms with Crippen molar-refractivity contribution in [2.75, 3.05) is 89.9 Å². The summed E-state index contributed by atoms with van der Waals surface area (Å²) in [5.74, 6) is 8.05. The Bertz CT molecular complexity index is 4490. The molecule has 1 atom stereocenters. The Balaban J connectivity index is 0.00000384. The van der Waals surface area contributed by atoms with Gasteiger partial charge in [-0.1, -0.05) is 0 Å². The van der Waals surface area contributed by atoms with Crippen molar-refractivity contribution in [3.63, 3.8) is 0 Å². The molecule has 16 nitrogen and oxygen atoms in total. The summed E-state index contributed by atoms with van der Waals surface area (Å²) in [6, 6.07) is 56.6. The molecule has 0 amide bonds. The number of hydrogen-bond donors (Lipinski definition) is 3. The SMILES string of the molecule is C[N+](C)(C)c1ccc(Oc2ccc3c(c2)C2=N/C3=N\c3[nH]c(c4ccc(Oc5ccc([N+](C)(C)C)cc5)cc34)NC3N=C(N=c4[nH]c(c5ccc(Oc6ccc([N+](C)(C)C)cc6)cc45)=N2)c2ccc(Oc4ccc([N+](C)(C)C)cc4)cc23)cc1.[Cl-].[Zn+2]. The summed E-state index contributed by atoms with van der Waals surface area (Å²) in [4.78, 5) is 34.1. The van der Waals surface area contributed by atoms with Gasteiger partial charge in [0.15, 0.2) is 17.5 Å². The molecule has 86 heavy (non-hydrogen) atoms. The van der Waals surface area contributed by atoms with Crippen LogP contribution in [0.2, 0.25) is 0 Å². The van der Waals surface area contributed by atoms with Gasteiger partial charge < -0.3 is 46.6 Å². The van der Waals surface area contributed by atoms with Gasteiger partial charge in [0.2, 0.25) is 0 Å². The number of quaternary nitrogens is 4. The second-order valence-electron chi connectivity index (χ2n) is 25.1. The van der Waals surface area contributed by atoms with Gasteiger partial charge in [-0.3, -0.25) is 17.9 Å². The number of nitrogens with zero attached hydrogens (tertiary/aromatic N) is 9. The summed E-state index contributed by atoms with van der Waals surface area (Å²) in [6.45, 7) is 0. The molecule has 8 aromatic carbocycles. The molecular formula is C68H68ClN12O4Zn+5. The number of H-pyrrole nitrogens is 2. The maximum absolute atomic E-state index is 6.58. The van der Waals surface area contributed by atoms with Crippen molar-refractivity contribution in [1.82, 2.24) is 27.9 Å². The van der Waals surface area contributed by atoms with Crippen molar-refractivity contribution < 1.29 is 50.8 Å². The zero-order chi connectivity index (χ0) is 58.5. The fourth-order valence-electron chi connectivity index (χ4n) is 10.6. The van der Waals surface area contributed by atoms with Crippen molar-refractivity contribution in [3.05, 3.63) is 203 Å². The van der Waals surface area contributed by atoms with E-state index in [1.807, 2.05) is 121 Å². The van der Waals surface area contributed by atoms with Crippen LogP contribution in [0.3, 0.4) is 0 Å². The van der Waals surface area contributed by atoms with Crippen LogP contribution in [0.4, 0.5) is 34.4 Å². The summed E-state index contributed by atoms with van der Waals surface area (Å²) in [6.07, 6.45) is -0.619. The number of benzene rings is 8. The van der Waals surface area contributed by atoms with E-state index in [0.29, 0.717) is 98.3 Å². The number of halogens is 1. The molecule has 18 heteroatoms. The molecule has 3 aliphatic heterocycles. The van der Waals surface area contributed by atoms with E-state index in [0.717, 1.165) is 72.3 Å². The van der Waals surface area contributed by atoms with E-state index in [9.17, 15) is 0 Å². The average Bonchev–Trinajstić information content (AvgIpc) is 2.51. The third-order valence-corrected chi connectivity index (χ3v) is 15.3. The molecular weight excluding hydrogens is 1150 g/mol. The molecule has 3 aliphatic rings. The maximum Gasteiger partial charge on any atom is 2.00 e. The Labute approximate surface area is 519 Å². The van der Waals surface area contributed by atoms with Crippen LogP contribution in [0.1, 0.15) is 28.4 Å². The van der Waals surface area contributed by atoms with Gasteiger partial charge in [-0.05, 0) is 121 Å². The first-order valence-corrected chi connectivity index (χ1v) is 28.0. The van der Waals surface area contributed by atoms with Crippen LogP contribution in [-0.2, 0) is 19.5 Å². The van der Waals surface area contributed by atoms with Gasteiger partial charge >= 0.3 is 19.5 Å². The molecule has 428 valence electrons. The van der Waals surface area contributed by atoms with E-state index in [1.165, 1.54) is 0 Å². The van der Waals surface area contributed by atoms with Crippen LogP contribution in [0.15, 0.2) is 195 Å². The van der Waals surface area contributed by atoms with Crippen molar-refractivity contribution >= 4 is 73.4 Å². The predicted molar refractivity (Wildman–Crippen MR) is 342 cm³/mol. The Morgan fingerprint density at radius 3 is 1.21 bits per heavy atom. The number of rotatable bonds is 12. The van der Waals surface area contributed by atoms with E-state index < -0.39 is 6.17 Å². The van der Waals surface area contributed by atoms with Crippen LogP contribution < -0.4 is 65.6 Å². The number of nitrogens with one attached hydrogen (secondary N) is 3. The number of aromatic nitrogens is 2. The molecule has 3 N–H and O–H groups in total. The zero-order valence-electron chi connectivity index (χ0n) is 50.5. The van der Waals surface area contributed by atoms with Gasteiger partial charge in [-0.2, -0.15) is 0 Å². The summed E-state index contributed by atoms with van der Waals surface area (Å²) < 4.78 is 29.0. The van der Waals surface area contributed by atoms with Crippen molar-refractivity contribution in [2.24, 2.45) is 25.0 Å². The van der Waals surface area contributed by atoms with Crippen molar-refractivity contribution in [2.45, 2.75) is 6.17 Å². The molecule has 0 radical (unpaired) electrons. The third kappa shape index (κ3) is 11.8. The first-order valence-electron chi connectivity index (χ1n) is 28.0. The molecule has 0 saturated carbocycles. The molecule has 0 fully saturated rings. The van der Waals surface area contributed by atoms with Gasteiger partial charge in [0, 0.05) is 92.3 Å². The largest absolute Gasteiger partial charge is 2.00 e. The van der Waals surface area contributed by atoms with Crippen molar-refractivity contribution in [3.8, 4) is 46.0 Å². The molecule has 5 heterocycles. The molecule has 8 bridgehead atoms. The fraction of sp³-hybridized carbons (Fsp3) is 0.191. The number of anilines is 1. The van der Waals surface area contributed by atoms with Gasteiger partial charge in [0.05, 0.1) is 84.6 Å². The molecule has 1 unspecified atom stereocenters. The Kier molecular flexibility index (Phi) is 15.2. The van der Waals surface area contributed by atoms with Crippen LogP contribution in [-0.4, -0.2) is 112 Å². The first-order chi connectivity index (χ1) is 40.0. The summed E-state index contributed by atoms with van der Waals surface area (Å²) >= 11 is 0. The van der Waals surface area contributed by atoms with Crippen LogP contribution in [0, 0.1) is 0 Å². The summed E-state index contributed by atoms with van der Waals surface area (Å²) in [5.41, 5.74) is 8.93. The minimum atomic E-state index is -0.619. The normalized spacial score (nSPS) is 15.1. The van der Waals surface area contributed by atoms with Gasteiger partial charge in [0.25, 0.3) is 0 Å². The van der Waals surface area contributed by atoms with Crippen molar-refractivity contribution in [1.29, 1.82) is 0 Å². The number of ether oxygens (including phenoxy) is 4. The van der Waals surface area contributed by atoms with Gasteiger partial charge in [-0.15, -0.1) is 0 Å². The zero-order valence-corrected chi connectivity index (χ0v) is 54.2. The first kappa shape index (κ1) is 59.0. The van der Waals surface area contributed by atoms with E-state index in [-0.39, 0.29) is 31.9 Å². The molecule has 0 spiro atoms. The number of aliphatic imine (C=N–C) groups is 3. The van der Waals surface area contributed by atoms with Crippen LogP contribution in [0.25, 0.3) is 21.5 Å². The number of amidine groups is 3. The van der Waals surface area contributed by atoms with Crippen LogP contribution in [0.5, 0.6) is 46.0 Å². The van der Waals surface area contributed by atoms with Crippen LogP contribution >= 0.6 is 0 Å². The maximum atomic E-state index is 6.58. The van der Waals surface area contributed by atoms with E-state index in [2.05, 4.69) is 148 Å². The molecule has 0 saturated heterocycles. The average molecular weight is 1220 g/mol. The third-order valence-electron chi connectivity index (χ3n) is 15.3. The Morgan fingerprint density at radius 2 is 0.721 bits per heavy atom. The standard InChI is InChI=1S/C68H68N12O4.ClH.Zn/c1-77(2,3)41-13-21-45(22-14-41)81-49-29-33-53-57(37-49)65-69-61(53)74-66-59-39-51(83-47-25-17-43(18-26-47)79(7,8)9)31-35-55(59)63(71-66)76-68-60-40-52(84-48-27-19-44(20-28-48)80(10,11)12)32-36-56(60)64(72-68)75-67-58-38-50(30-34-54(58)62(70-67)73-65)82-46-23-15-42(16-24-46)78(4,5)6;;/h13-40,65,70,73H,1-12H3,(H,69,71,72,74,75,76);1H;/q+4;;+2/p-1. The number of fused-ring (bicyclic) bond motifs is 18. The molecule has 2 aromatic heterocycles. The summed E-state index contributed by atoms with van der Waals surface area (Å²) in [7, 11) is 25.7. The van der Waals surface area contributed by atoms with Gasteiger partial charge in [-0.25, -0.2) is 25.0 Å². The summed E-state index contributed by atoms with van der Waals surface area (Å²) in [5, 5.41) is 7.04. The van der Waals surface area contributed by atoms with E-state index >= 15 is 0 Å². The topological polar surface area (TPSA) is 142 Å². The molecule has 0 aliphatic carbocycles. The van der Waals surface area contributed by atoms with Gasteiger partial charge in [0.1, 0.15) is 97.5 Å².